The van der Waals surface area contributed by atoms with Crippen molar-refractivity contribution in [3.8, 4) is 0 Å². The Morgan fingerprint density at radius 3 is 2.50 bits per heavy atom. The molecule has 1 aromatic rings. The maximum absolute atomic E-state index is 12.2. The van der Waals surface area contributed by atoms with Crippen LogP contribution in [-0.4, -0.2) is 36.9 Å². The highest BCUT2D eigenvalue weighted by Crippen LogP contribution is 2.36. The van der Waals surface area contributed by atoms with Gasteiger partial charge in [-0.2, -0.15) is 0 Å². The fourth-order valence-corrected chi connectivity index (χ4v) is 3.41. The van der Waals surface area contributed by atoms with Crippen molar-refractivity contribution in [3.63, 3.8) is 0 Å². The average molecular weight is 301 g/mol. The zero-order chi connectivity index (χ0) is 15.7. The van der Waals surface area contributed by atoms with Gasteiger partial charge in [0.15, 0.2) is 0 Å². The molecule has 22 heavy (non-hydrogen) atoms. The Kier molecular flexibility index (Phi) is 3.91. The van der Waals surface area contributed by atoms with Crippen molar-refractivity contribution in [1.29, 1.82) is 0 Å². The van der Waals surface area contributed by atoms with Gasteiger partial charge in [0.2, 0.25) is 11.8 Å². The molecule has 3 rings (SSSR count). The summed E-state index contributed by atoms with van der Waals surface area (Å²) in [6.07, 6.45) is 5.49. The number of hydrogen-bond acceptors (Lipinski definition) is 3. The molecule has 2 fully saturated rings. The van der Waals surface area contributed by atoms with E-state index >= 15 is 0 Å². The summed E-state index contributed by atoms with van der Waals surface area (Å²) in [5, 5.41) is 0. The second-order valence-electron chi connectivity index (χ2n) is 6.50. The highest BCUT2D eigenvalue weighted by Gasteiger charge is 2.32. The molecule has 0 radical (unpaired) electrons. The van der Waals surface area contributed by atoms with E-state index in [4.69, 9.17) is 5.73 Å². The number of carbonyl (C=O) groups is 2. The molecule has 0 unspecified atom stereocenters. The van der Waals surface area contributed by atoms with Gasteiger partial charge in [0.1, 0.15) is 6.54 Å². The number of rotatable bonds is 2. The molecule has 118 valence electrons. The normalized spacial score (nSPS) is 22.1. The lowest BCUT2D eigenvalue weighted by Gasteiger charge is -2.36. The Morgan fingerprint density at radius 2 is 1.77 bits per heavy atom. The highest BCUT2D eigenvalue weighted by molar-refractivity contribution is 6.04. The van der Waals surface area contributed by atoms with Crippen molar-refractivity contribution in [3.05, 3.63) is 29.8 Å². The third-order valence-corrected chi connectivity index (χ3v) is 4.87. The predicted molar refractivity (Wildman–Crippen MR) is 85.4 cm³/mol. The Labute approximate surface area is 131 Å². The molecule has 1 aromatic carbocycles. The number of nitrogens with zero attached hydrogens (tertiary/aromatic N) is 2. The van der Waals surface area contributed by atoms with Crippen LogP contribution in [0.25, 0.3) is 0 Å². The maximum atomic E-state index is 12.2. The van der Waals surface area contributed by atoms with Gasteiger partial charge in [-0.3, -0.25) is 9.59 Å². The number of amides is 2. The highest BCUT2D eigenvalue weighted by atomic mass is 16.2. The van der Waals surface area contributed by atoms with Crippen molar-refractivity contribution >= 4 is 17.5 Å². The number of nitrogens with two attached hydrogens (primary N) is 1. The van der Waals surface area contributed by atoms with Crippen molar-refractivity contribution in [1.82, 2.24) is 4.90 Å². The SMILES string of the molecule is CN1CC(=O)N(c2cccc(C3(N)CCCCC3)c2)CC1=O. The lowest BCUT2D eigenvalue weighted by molar-refractivity contribution is -0.136. The summed E-state index contributed by atoms with van der Waals surface area (Å²) in [7, 11) is 1.66. The Hall–Kier alpha value is -1.88. The maximum Gasteiger partial charge on any atom is 0.247 e. The summed E-state index contributed by atoms with van der Waals surface area (Å²) < 4.78 is 0. The molecule has 0 bridgehead atoms. The second kappa shape index (κ2) is 5.72. The van der Waals surface area contributed by atoms with Crippen LogP contribution in [0.5, 0.6) is 0 Å². The zero-order valence-electron chi connectivity index (χ0n) is 13.0. The number of carbonyl (C=O) groups excluding carboxylic acids is 2. The van der Waals surface area contributed by atoms with E-state index in [2.05, 4.69) is 0 Å². The van der Waals surface area contributed by atoms with Crippen LogP contribution in [0.2, 0.25) is 0 Å². The summed E-state index contributed by atoms with van der Waals surface area (Å²) in [6.45, 7) is 0.243. The first-order valence-electron chi connectivity index (χ1n) is 7.93. The third kappa shape index (κ3) is 2.73. The summed E-state index contributed by atoms with van der Waals surface area (Å²) in [6, 6.07) is 7.84. The summed E-state index contributed by atoms with van der Waals surface area (Å²) in [5.41, 5.74) is 8.14. The Balaban J connectivity index is 1.88. The molecular formula is C17H23N3O2. The van der Waals surface area contributed by atoms with Crippen molar-refractivity contribution in [2.24, 2.45) is 5.73 Å². The van der Waals surface area contributed by atoms with Crippen molar-refractivity contribution in [2.75, 3.05) is 25.0 Å². The minimum absolute atomic E-state index is 0.0369. The summed E-state index contributed by atoms with van der Waals surface area (Å²) >= 11 is 0. The van der Waals surface area contributed by atoms with Gasteiger partial charge >= 0.3 is 0 Å². The van der Waals surface area contributed by atoms with E-state index in [9.17, 15) is 9.59 Å². The summed E-state index contributed by atoms with van der Waals surface area (Å²) in [4.78, 5) is 27.1. The van der Waals surface area contributed by atoms with E-state index in [0.717, 1.165) is 36.9 Å². The molecule has 0 atom stereocenters. The first kappa shape index (κ1) is 15.0. The molecule has 2 amide bonds. The van der Waals surface area contributed by atoms with Crippen molar-refractivity contribution in [2.45, 2.75) is 37.6 Å². The number of anilines is 1. The standard InChI is InChI=1S/C17H23N3O2/c1-19-11-16(22)20(12-15(19)21)14-7-5-6-13(10-14)17(18)8-3-2-4-9-17/h5-7,10H,2-4,8-9,11-12,18H2,1H3. The van der Waals surface area contributed by atoms with Gasteiger partial charge in [-0.15, -0.1) is 0 Å². The van der Waals surface area contributed by atoms with E-state index in [1.54, 1.807) is 11.9 Å². The van der Waals surface area contributed by atoms with Gasteiger partial charge in [-0.05, 0) is 30.5 Å². The predicted octanol–water partition coefficient (Wildman–Crippen LogP) is 1.61. The fourth-order valence-electron chi connectivity index (χ4n) is 3.41. The van der Waals surface area contributed by atoms with E-state index in [1.165, 1.54) is 11.3 Å². The van der Waals surface area contributed by atoms with Gasteiger partial charge < -0.3 is 15.5 Å². The van der Waals surface area contributed by atoms with Crippen LogP contribution in [-0.2, 0) is 15.1 Å². The van der Waals surface area contributed by atoms with Gasteiger partial charge in [-0.25, -0.2) is 0 Å². The molecular weight excluding hydrogens is 278 g/mol. The van der Waals surface area contributed by atoms with Crippen LogP contribution < -0.4 is 10.6 Å². The monoisotopic (exact) mass is 301 g/mol. The Morgan fingerprint density at radius 1 is 1.05 bits per heavy atom. The van der Waals surface area contributed by atoms with E-state index < -0.39 is 0 Å². The van der Waals surface area contributed by atoms with E-state index in [1.807, 2.05) is 24.3 Å². The number of likely N-dealkylation sites (N-methyl/N-ethyl adjacent to an activating group) is 1. The van der Waals surface area contributed by atoms with E-state index in [0.29, 0.717) is 0 Å². The molecule has 1 heterocycles. The molecule has 2 aliphatic rings. The van der Waals surface area contributed by atoms with Crippen LogP contribution in [0.15, 0.2) is 24.3 Å². The van der Waals surface area contributed by atoms with Crippen LogP contribution in [0, 0.1) is 0 Å². The molecule has 1 saturated heterocycles. The molecule has 2 N–H and O–H groups in total. The number of hydrogen-bond donors (Lipinski definition) is 1. The molecule has 1 aliphatic heterocycles. The van der Waals surface area contributed by atoms with Crippen LogP contribution in [0.1, 0.15) is 37.7 Å². The first-order chi connectivity index (χ1) is 10.5. The van der Waals surface area contributed by atoms with Crippen LogP contribution in [0.3, 0.4) is 0 Å². The van der Waals surface area contributed by atoms with Crippen LogP contribution >= 0.6 is 0 Å². The lowest BCUT2D eigenvalue weighted by Crippen LogP contribution is -2.52. The average Bonchev–Trinajstić information content (AvgIpc) is 2.52. The zero-order valence-corrected chi connectivity index (χ0v) is 13.0. The molecule has 0 spiro atoms. The fraction of sp³-hybridized carbons (Fsp3) is 0.529. The van der Waals surface area contributed by atoms with Gasteiger partial charge in [0, 0.05) is 18.3 Å². The summed E-state index contributed by atoms with van der Waals surface area (Å²) in [5.74, 6) is -0.0842. The largest absolute Gasteiger partial charge is 0.335 e. The third-order valence-electron chi connectivity index (χ3n) is 4.87. The lowest BCUT2D eigenvalue weighted by atomic mass is 9.77. The van der Waals surface area contributed by atoms with Gasteiger partial charge in [0.25, 0.3) is 0 Å². The minimum Gasteiger partial charge on any atom is -0.335 e. The molecule has 5 heteroatoms. The first-order valence-corrected chi connectivity index (χ1v) is 7.93. The molecule has 1 aliphatic carbocycles. The van der Waals surface area contributed by atoms with Crippen molar-refractivity contribution < 1.29 is 9.59 Å². The van der Waals surface area contributed by atoms with Crippen LogP contribution in [0.4, 0.5) is 5.69 Å². The Bertz CT molecular complexity index is 593. The quantitative estimate of drug-likeness (QED) is 0.902. The number of benzene rings is 1. The molecule has 1 saturated carbocycles. The van der Waals surface area contributed by atoms with Gasteiger partial charge in [-0.1, -0.05) is 31.4 Å². The smallest absolute Gasteiger partial charge is 0.247 e. The molecule has 0 aromatic heterocycles. The van der Waals surface area contributed by atoms with E-state index in [-0.39, 0.29) is 30.4 Å². The van der Waals surface area contributed by atoms with Gasteiger partial charge in [0.05, 0.1) is 6.54 Å². The molecule has 5 nitrogen and oxygen atoms in total. The topological polar surface area (TPSA) is 66.6 Å². The number of piperazine rings is 1. The second-order valence-corrected chi connectivity index (χ2v) is 6.50. The minimum atomic E-state index is -0.298.